The summed E-state index contributed by atoms with van der Waals surface area (Å²) in [7, 11) is 0. The maximum absolute atomic E-state index is 14.6. The number of nitrogens with zero attached hydrogens (tertiary/aromatic N) is 3. The van der Waals surface area contributed by atoms with Gasteiger partial charge in [-0.3, -0.25) is 67.1 Å². The molecule has 17 N–H and O–H groups in total. The van der Waals surface area contributed by atoms with E-state index < -0.39 is 229 Å². The smallest absolute Gasteiger partial charge is 0.328 e. The molecule has 14 amide bonds. The number of rotatable bonds is 39. The molecular formula is C68H115N15O20. The van der Waals surface area contributed by atoms with E-state index in [2.05, 4.69) is 58.5 Å². The highest BCUT2D eigenvalue weighted by Crippen LogP contribution is 2.24. The van der Waals surface area contributed by atoms with Crippen molar-refractivity contribution in [2.24, 2.45) is 35.5 Å². The van der Waals surface area contributed by atoms with Crippen LogP contribution in [0.1, 0.15) is 161 Å². The maximum Gasteiger partial charge on any atom is 0.328 e. The highest BCUT2D eigenvalue weighted by molar-refractivity contribution is 6.00. The van der Waals surface area contributed by atoms with Gasteiger partial charge in [0, 0.05) is 19.6 Å². The van der Waals surface area contributed by atoms with Gasteiger partial charge in [0.25, 0.3) is 0 Å². The fraction of sp³-hybridized carbons (Fsp3) is 0.779. The molecule has 4 rings (SSSR count). The molecule has 35 nitrogen and oxygen atoms in total. The van der Waals surface area contributed by atoms with Crippen LogP contribution in [-0.4, -0.2) is 272 Å². The van der Waals surface area contributed by atoms with Gasteiger partial charge < -0.3 is 104 Å². The van der Waals surface area contributed by atoms with Crippen LogP contribution >= 0.6 is 0 Å². The van der Waals surface area contributed by atoms with E-state index in [-0.39, 0.29) is 63.6 Å². The highest BCUT2D eigenvalue weighted by Gasteiger charge is 2.45. The van der Waals surface area contributed by atoms with E-state index in [1.165, 1.54) is 21.6 Å². The standard InChI is InChI=1S/C68H115N15O20/c1-14-38(12)53(64(98)71-41(27-33(2)3)56(90)73-43(30-84)57(91)75-45(32-86)68(102)103)79-59(93)47-21-16-24-81(47)49(88)29-70-58(92)46-20-17-25-82(46)66(100)42(28-34(4)5)72-65(99)54(39(13)87)80-63(97)52(37(10)11)78-62(96)51(36(8)9)77-61(95)50(35(6)7)76-60(94)48-22-18-26-83(48)67(101)44(31-85)74-55(89)40-19-15-23-69-40/h33-48,50-54,69,84-87H,14-32H2,1-13H3,(H,70,92)(H,71,98)(H,72,99)(H,73,90)(H,74,89)(H,75,91)(H,76,94)(H,77,95)(H,78,96)(H,79,93)(H,80,97)(H,102,103)/t38-,39+,40-,41-,42-,43-,44-,45-,46-,47-,48-,50-,51-,52-,53-,54-/m0/s1. The number of hydrogen-bond donors (Lipinski definition) is 17. The van der Waals surface area contributed by atoms with Crippen LogP contribution in [-0.2, 0) is 71.9 Å². The van der Waals surface area contributed by atoms with Gasteiger partial charge in [-0.15, -0.1) is 0 Å². The first-order valence-corrected chi connectivity index (χ1v) is 36.1. The number of likely N-dealkylation sites (tertiary alicyclic amines) is 3. The lowest BCUT2D eigenvalue weighted by molar-refractivity contribution is -0.144. The third kappa shape index (κ3) is 25.0. The Morgan fingerprint density at radius 2 is 0.796 bits per heavy atom. The van der Waals surface area contributed by atoms with Crippen LogP contribution in [0.3, 0.4) is 0 Å². The second kappa shape index (κ2) is 41.4. The SMILES string of the molecule is CC[C@H](C)[C@H](NC(=O)[C@@H]1CCCN1C(=O)CNC(=O)[C@@H]1CCCN1C(=O)[C@H](CC(C)C)NC(=O)[C@@H](NC(=O)[C@@H](NC(=O)[C@@H](NC(=O)[C@@H](NC(=O)[C@@H]1CCCN1C(=O)[C@H](CO)NC(=O)[C@@H]1CCCN1)C(C)C)C(C)C)C(C)C)[C@@H](C)O)C(=O)N[C@@H](CC(C)C)C(=O)N[C@@H](CO)C(=O)N[C@@H](CO)C(=O)O. The third-order valence-corrected chi connectivity index (χ3v) is 19.0. The molecule has 0 aliphatic carbocycles. The zero-order valence-corrected chi connectivity index (χ0v) is 61.8. The normalized spacial score (nSPS) is 21.0. The lowest BCUT2D eigenvalue weighted by Crippen LogP contribution is -2.63. The van der Waals surface area contributed by atoms with Crippen molar-refractivity contribution < 1.29 is 97.5 Å². The van der Waals surface area contributed by atoms with Gasteiger partial charge in [-0.05, 0) is 113 Å². The van der Waals surface area contributed by atoms with E-state index in [0.717, 1.165) is 6.42 Å². The summed E-state index contributed by atoms with van der Waals surface area (Å²) < 4.78 is 0. The zero-order valence-electron chi connectivity index (χ0n) is 61.8. The molecule has 0 bridgehead atoms. The summed E-state index contributed by atoms with van der Waals surface area (Å²) >= 11 is 0. The molecule has 4 fully saturated rings. The van der Waals surface area contributed by atoms with E-state index in [1.54, 1.807) is 83.1 Å². The number of aliphatic carboxylic acids is 1. The van der Waals surface area contributed by atoms with Crippen molar-refractivity contribution >= 4 is 88.7 Å². The lowest BCUT2D eigenvalue weighted by Gasteiger charge is -2.32. The highest BCUT2D eigenvalue weighted by atomic mass is 16.4. The van der Waals surface area contributed by atoms with Gasteiger partial charge in [-0.1, -0.05) is 89.5 Å². The van der Waals surface area contributed by atoms with Crippen LogP contribution in [0.15, 0.2) is 0 Å². The zero-order chi connectivity index (χ0) is 77.4. The van der Waals surface area contributed by atoms with E-state index in [1.807, 2.05) is 5.32 Å². The number of amides is 14. The van der Waals surface area contributed by atoms with Crippen LogP contribution in [0.4, 0.5) is 0 Å². The molecule has 0 unspecified atom stereocenters. The molecule has 0 aromatic carbocycles. The van der Waals surface area contributed by atoms with E-state index >= 15 is 0 Å². The third-order valence-electron chi connectivity index (χ3n) is 19.0. The number of carboxylic acids is 1. The Balaban J connectivity index is 1.40. The molecule has 4 aliphatic rings. The molecule has 0 aromatic rings. The average molecular weight is 1460 g/mol. The molecule has 0 radical (unpaired) electrons. The molecule has 0 spiro atoms. The monoisotopic (exact) mass is 1460 g/mol. The van der Waals surface area contributed by atoms with Crippen molar-refractivity contribution in [3.63, 3.8) is 0 Å². The fourth-order valence-electron chi connectivity index (χ4n) is 12.9. The predicted molar refractivity (Wildman–Crippen MR) is 371 cm³/mol. The number of carboxylic acid groups (broad SMARTS) is 1. The fourth-order valence-corrected chi connectivity index (χ4v) is 12.9. The van der Waals surface area contributed by atoms with E-state index in [9.17, 15) is 97.5 Å². The molecular weight excluding hydrogens is 1350 g/mol. The molecule has 4 saturated heterocycles. The summed E-state index contributed by atoms with van der Waals surface area (Å²) in [5.74, 6) is -15.1. The number of hydrogen-bond acceptors (Lipinski definition) is 20. The van der Waals surface area contributed by atoms with Crippen LogP contribution in [0, 0.1) is 35.5 Å². The van der Waals surface area contributed by atoms with Gasteiger partial charge in [-0.2, -0.15) is 0 Å². The largest absolute Gasteiger partial charge is 0.480 e. The molecule has 16 atom stereocenters. The summed E-state index contributed by atoms with van der Waals surface area (Å²) in [6.45, 7) is 19.3. The number of aliphatic hydroxyl groups is 4. The van der Waals surface area contributed by atoms with Crippen molar-refractivity contribution in [1.82, 2.24) is 78.5 Å². The van der Waals surface area contributed by atoms with Gasteiger partial charge >= 0.3 is 5.97 Å². The first-order valence-electron chi connectivity index (χ1n) is 36.1. The van der Waals surface area contributed by atoms with Crippen molar-refractivity contribution in [2.75, 3.05) is 52.5 Å². The van der Waals surface area contributed by atoms with Gasteiger partial charge in [0.1, 0.15) is 78.5 Å². The van der Waals surface area contributed by atoms with Crippen molar-refractivity contribution in [1.29, 1.82) is 0 Å². The Labute approximate surface area is 601 Å². The van der Waals surface area contributed by atoms with Gasteiger partial charge in [0.2, 0.25) is 82.7 Å². The Morgan fingerprint density at radius 3 is 1.24 bits per heavy atom. The molecule has 103 heavy (non-hydrogen) atoms. The Morgan fingerprint density at radius 1 is 0.408 bits per heavy atom. The van der Waals surface area contributed by atoms with E-state index in [0.29, 0.717) is 38.6 Å². The minimum Gasteiger partial charge on any atom is -0.480 e. The van der Waals surface area contributed by atoms with Crippen LogP contribution < -0.4 is 63.8 Å². The summed E-state index contributed by atoms with van der Waals surface area (Å²) in [4.78, 5) is 210. The Kier molecular flexibility index (Phi) is 35.0. The van der Waals surface area contributed by atoms with Crippen molar-refractivity contribution in [2.45, 2.75) is 251 Å². The van der Waals surface area contributed by atoms with Gasteiger partial charge in [0.05, 0.1) is 38.5 Å². The van der Waals surface area contributed by atoms with Crippen LogP contribution in [0.2, 0.25) is 0 Å². The number of carbonyl (C=O) groups excluding carboxylic acids is 14. The molecule has 582 valence electrons. The Hall–Kier alpha value is -8.15. The molecule has 0 saturated carbocycles. The van der Waals surface area contributed by atoms with Crippen molar-refractivity contribution in [3.05, 3.63) is 0 Å². The van der Waals surface area contributed by atoms with E-state index in [4.69, 9.17) is 0 Å². The van der Waals surface area contributed by atoms with Crippen molar-refractivity contribution in [3.8, 4) is 0 Å². The average Bonchev–Trinajstić information content (AvgIpc) is 1.78. The van der Waals surface area contributed by atoms with Gasteiger partial charge in [0.15, 0.2) is 0 Å². The summed E-state index contributed by atoms with van der Waals surface area (Å²) in [5, 5.41) is 80.9. The molecule has 35 heteroatoms. The van der Waals surface area contributed by atoms with Crippen LogP contribution in [0.25, 0.3) is 0 Å². The quantitative estimate of drug-likeness (QED) is 0.0275. The van der Waals surface area contributed by atoms with Gasteiger partial charge in [-0.25, -0.2) is 4.79 Å². The lowest BCUT2D eigenvalue weighted by atomic mass is 9.96. The molecule has 4 heterocycles. The minimum absolute atomic E-state index is 0.0254. The number of aliphatic hydroxyl groups excluding tert-OH is 4. The Bertz CT molecular complexity index is 2980. The first kappa shape index (κ1) is 87.3. The maximum atomic E-state index is 14.6. The minimum atomic E-state index is -1.73. The topological polar surface area (TPSA) is 511 Å². The predicted octanol–water partition coefficient (Wildman–Crippen LogP) is -4.78. The summed E-state index contributed by atoms with van der Waals surface area (Å²) in [6, 6.07) is -18.0. The summed E-state index contributed by atoms with van der Waals surface area (Å²) in [6.07, 6.45) is 1.91. The second-order valence-electron chi connectivity index (χ2n) is 29.2. The number of nitrogens with one attached hydrogen (secondary N) is 12. The van der Waals surface area contributed by atoms with Crippen LogP contribution in [0.5, 0.6) is 0 Å². The molecule has 4 aliphatic heterocycles. The molecule has 0 aromatic heterocycles. The summed E-state index contributed by atoms with van der Waals surface area (Å²) in [5.41, 5.74) is 0. The second-order valence-corrected chi connectivity index (χ2v) is 29.2. The first-order chi connectivity index (χ1) is 48.4. The number of carbonyl (C=O) groups is 15.